The van der Waals surface area contributed by atoms with Crippen molar-refractivity contribution in [2.24, 2.45) is 0 Å². The van der Waals surface area contributed by atoms with Crippen LogP contribution in [0.2, 0.25) is 0 Å². The number of carbonyl (C=O) groups excluding carboxylic acids is 1. The van der Waals surface area contributed by atoms with Gasteiger partial charge >= 0.3 is 11.7 Å². The summed E-state index contributed by atoms with van der Waals surface area (Å²) in [6.45, 7) is 0.308. The van der Waals surface area contributed by atoms with Gasteiger partial charge in [-0.3, -0.25) is 4.79 Å². The number of fused-ring (bicyclic) bond motifs is 2. The zero-order valence-corrected chi connectivity index (χ0v) is 15.9. The monoisotopic (exact) mass is 402 g/mol. The molecule has 3 heterocycles. The predicted molar refractivity (Wildman–Crippen MR) is 99.2 cm³/mol. The fourth-order valence-electron chi connectivity index (χ4n) is 3.27. The first-order valence-electron chi connectivity index (χ1n) is 8.63. The zero-order valence-electron chi connectivity index (χ0n) is 15.1. The molecule has 146 valence electrons. The van der Waals surface area contributed by atoms with Gasteiger partial charge in [0.25, 0.3) is 0 Å². The van der Waals surface area contributed by atoms with Crippen LogP contribution in [0.1, 0.15) is 11.1 Å². The van der Waals surface area contributed by atoms with Gasteiger partial charge in [-0.25, -0.2) is 22.3 Å². The van der Waals surface area contributed by atoms with Crippen LogP contribution >= 0.6 is 0 Å². The third kappa shape index (κ3) is 3.10. The summed E-state index contributed by atoms with van der Waals surface area (Å²) in [5, 5.41) is 4.02. The van der Waals surface area contributed by atoms with Gasteiger partial charge in [-0.05, 0) is 29.7 Å². The summed E-state index contributed by atoms with van der Waals surface area (Å²) in [5.74, 6) is -0.620. The zero-order chi connectivity index (χ0) is 19.9. The molecule has 0 atom stereocenters. The van der Waals surface area contributed by atoms with Crippen LogP contribution in [0.3, 0.4) is 0 Å². The van der Waals surface area contributed by atoms with E-state index in [0.29, 0.717) is 13.0 Å². The number of benzene rings is 1. The van der Waals surface area contributed by atoms with Gasteiger partial charge < -0.3 is 4.74 Å². The Balaban J connectivity index is 1.69. The Labute approximate surface area is 160 Å². The Hall–Kier alpha value is -2.98. The SMILES string of the molecule is COC(=O)Cn1nc2ccc(S(=O)(=O)N3CCc4ccccc4C3)cn2c1=O. The van der Waals surface area contributed by atoms with E-state index in [1.54, 1.807) is 0 Å². The van der Waals surface area contributed by atoms with Crippen molar-refractivity contribution in [1.29, 1.82) is 0 Å². The number of hydrogen-bond donors (Lipinski definition) is 0. The molecule has 1 aliphatic heterocycles. The first-order valence-corrected chi connectivity index (χ1v) is 10.1. The first kappa shape index (κ1) is 18.4. The summed E-state index contributed by atoms with van der Waals surface area (Å²) in [4.78, 5) is 23.9. The molecule has 0 saturated carbocycles. The summed E-state index contributed by atoms with van der Waals surface area (Å²) in [6.07, 6.45) is 1.88. The number of ether oxygens (including phenoxy) is 1. The van der Waals surface area contributed by atoms with E-state index in [1.807, 2.05) is 24.3 Å². The lowest BCUT2D eigenvalue weighted by Gasteiger charge is -2.28. The van der Waals surface area contributed by atoms with E-state index in [1.165, 1.54) is 29.7 Å². The molecule has 0 spiro atoms. The highest BCUT2D eigenvalue weighted by molar-refractivity contribution is 7.89. The molecular formula is C18H18N4O5S. The van der Waals surface area contributed by atoms with Gasteiger partial charge in [0.2, 0.25) is 10.0 Å². The Kier molecular flexibility index (Phi) is 4.52. The smallest absolute Gasteiger partial charge is 0.350 e. The third-order valence-corrected chi connectivity index (χ3v) is 6.62. The minimum atomic E-state index is -3.79. The van der Waals surface area contributed by atoms with Crippen molar-refractivity contribution in [3.8, 4) is 0 Å². The minimum Gasteiger partial charge on any atom is -0.468 e. The number of nitrogens with zero attached hydrogens (tertiary/aromatic N) is 4. The Morgan fingerprint density at radius 2 is 1.93 bits per heavy atom. The van der Waals surface area contributed by atoms with E-state index in [0.717, 1.165) is 20.2 Å². The molecule has 3 aromatic rings. The summed E-state index contributed by atoms with van der Waals surface area (Å²) >= 11 is 0. The van der Waals surface area contributed by atoms with Crippen molar-refractivity contribution in [2.45, 2.75) is 24.4 Å². The average molecular weight is 402 g/mol. The minimum absolute atomic E-state index is 0.000834. The fourth-order valence-corrected chi connectivity index (χ4v) is 4.68. The lowest BCUT2D eigenvalue weighted by atomic mass is 10.0. The van der Waals surface area contributed by atoms with Crippen molar-refractivity contribution in [2.75, 3.05) is 13.7 Å². The highest BCUT2D eigenvalue weighted by atomic mass is 32.2. The summed E-state index contributed by atoms with van der Waals surface area (Å²) in [6, 6.07) is 10.6. The second kappa shape index (κ2) is 6.88. The molecule has 1 aromatic carbocycles. The van der Waals surface area contributed by atoms with Gasteiger partial charge in [-0.2, -0.15) is 4.31 Å². The topological polar surface area (TPSA) is 103 Å². The maximum absolute atomic E-state index is 13.1. The number of hydrogen-bond acceptors (Lipinski definition) is 6. The summed E-state index contributed by atoms with van der Waals surface area (Å²) in [5.41, 5.74) is 1.75. The van der Waals surface area contributed by atoms with Gasteiger partial charge in [0.15, 0.2) is 5.65 Å². The van der Waals surface area contributed by atoms with E-state index < -0.39 is 21.7 Å². The molecule has 0 saturated heterocycles. The van der Waals surface area contributed by atoms with Crippen LogP contribution in [0.5, 0.6) is 0 Å². The van der Waals surface area contributed by atoms with Crippen LogP contribution in [0.4, 0.5) is 0 Å². The van der Waals surface area contributed by atoms with Crippen LogP contribution in [0.25, 0.3) is 5.65 Å². The molecule has 0 unspecified atom stereocenters. The highest BCUT2D eigenvalue weighted by Gasteiger charge is 2.29. The van der Waals surface area contributed by atoms with Crippen LogP contribution in [0.15, 0.2) is 52.3 Å². The van der Waals surface area contributed by atoms with Crippen molar-refractivity contribution >= 4 is 21.6 Å². The van der Waals surface area contributed by atoms with Crippen LogP contribution in [-0.2, 0) is 39.1 Å². The van der Waals surface area contributed by atoms with Crippen LogP contribution in [0, 0.1) is 0 Å². The molecule has 0 N–H and O–H groups in total. The molecule has 0 fully saturated rings. The molecule has 9 nitrogen and oxygen atoms in total. The number of carbonyl (C=O) groups is 1. The van der Waals surface area contributed by atoms with E-state index >= 15 is 0 Å². The van der Waals surface area contributed by atoms with Crippen LogP contribution in [-0.4, -0.2) is 46.5 Å². The second-order valence-electron chi connectivity index (χ2n) is 6.47. The van der Waals surface area contributed by atoms with E-state index in [-0.39, 0.29) is 23.6 Å². The summed E-state index contributed by atoms with van der Waals surface area (Å²) in [7, 11) is -2.57. The first-order chi connectivity index (χ1) is 13.4. The Morgan fingerprint density at radius 1 is 1.18 bits per heavy atom. The van der Waals surface area contributed by atoms with Gasteiger partial charge in [-0.1, -0.05) is 24.3 Å². The van der Waals surface area contributed by atoms with E-state index in [4.69, 9.17) is 0 Å². The Bertz CT molecular complexity index is 1230. The fraction of sp³-hybridized carbons (Fsp3) is 0.278. The van der Waals surface area contributed by atoms with Gasteiger partial charge in [-0.15, -0.1) is 5.10 Å². The predicted octanol–water partition coefficient (Wildman–Crippen LogP) is 0.416. The maximum atomic E-state index is 13.1. The van der Waals surface area contributed by atoms with E-state index in [2.05, 4.69) is 9.84 Å². The third-order valence-electron chi connectivity index (χ3n) is 4.79. The molecule has 0 bridgehead atoms. The number of aromatic nitrogens is 3. The molecule has 10 heteroatoms. The molecule has 1 aliphatic rings. The molecule has 2 aromatic heterocycles. The molecule has 28 heavy (non-hydrogen) atoms. The molecule has 0 aliphatic carbocycles. The van der Waals surface area contributed by atoms with Crippen molar-refractivity contribution in [1.82, 2.24) is 18.5 Å². The van der Waals surface area contributed by atoms with Crippen molar-refractivity contribution in [3.63, 3.8) is 0 Å². The summed E-state index contributed by atoms with van der Waals surface area (Å²) < 4.78 is 34.2. The highest BCUT2D eigenvalue weighted by Crippen LogP contribution is 2.24. The number of pyridine rings is 1. The van der Waals surface area contributed by atoms with E-state index in [9.17, 15) is 18.0 Å². The quantitative estimate of drug-likeness (QED) is 0.586. The van der Waals surface area contributed by atoms with Gasteiger partial charge in [0.1, 0.15) is 6.54 Å². The molecule has 0 amide bonds. The maximum Gasteiger partial charge on any atom is 0.350 e. The molecule has 0 radical (unpaired) electrons. The molecule has 4 rings (SSSR count). The normalized spacial score (nSPS) is 14.8. The van der Waals surface area contributed by atoms with Crippen molar-refractivity contribution < 1.29 is 17.9 Å². The standard InChI is InChI=1S/C18H18N4O5S/c1-27-17(23)12-22-18(24)21-11-15(6-7-16(21)19-22)28(25,26)20-9-8-13-4-2-3-5-14(13)10-20/h2-7,11H,8-10,12H2,1H3. The average Bonchev–Trinajstić information content (AvgIpc) is 3.02. The number of sulfonamides is 1. The van der Waals surface area contributed by atoms with Gasteiger partial charge in [0.05, 0.1) is 12.0 Å². The largest absolute Gasteiger partial charge is 0.468 e. The van der Waals surface area contributed by atoms with Gasteiger partial charge in [0, 0.05) is 19.3 Å². The lowest BCUT2D eigenvalue weighted by Crippen LogP contribution is -2.36. The second-order valence-corrected chi connectivity index (χ2v) is 8.40. The molecular weight excluding hydrogens is 384 g/mol. The number of methoxy groups -OCH3 is 1. The van der Waals surface area contributed by atoms with Crippen molar-refractivity contribution in [3.05, 3.63) is 64.2 Å². The van der Waals surface area contributed by atoms with Crippen LogP contribution < -0.4 is 5.69 Å². The lowest BCUT2D eigenvalue weighted by molar-refractivity contribution is -0.141. The number of esters is 1. The number of rotatable bonds is 4. The Morgan fingerprint density at radius 3 is 2.68 bits per heavy atom.